The van der Waals surface area contributed by atoms with E-state index in [1.54, 1.807) is 12.3 Å². The first-order valence-corrected chi connectivity index (χ1v) is 6.13. The molecule has 0 aliphatic rings. The molecule has 16 heavy (non-hydrogen) atoms. The van der Waals surface area contributed by atoms with Crippen molar-refractivity contribution in [2.45, 2.75) is 12.1 Å². The van der Waals surface area contributed by atoms with Crippen LogP contribution in [-0.2, 0) is 0 Å². The molecule has 0 unspecified atom stereocenters. The van der Waals surface area contributed by atoms with Gasteiger partial charge in [-0.3, -0.25) is 0 Å². The number of allylic oxidation sites excluding steroid dienone is 1. The lowest BCUT2D eigenvalue weighted by molar-refractivity contribution is 0.878. The molecule has 0 atom stereocenters. The summed E-state index contributed by atoms with van der Waals surface area (Å²) >= 11 is 1.51. The molecule has 0 N–H and O–H groups in total. The zero-order valence-electron chi connectivity index (χ0n) is 9.64. The van der Waals surface area contributed by atoms with Gasteiger partial charge in [-0.1, -0.05) is 11.8 Å². The van der Waals surface area contributed by atoms with Crippen LogP contribution < -0.4 is 4.90 Å². The fourth-order valence-corrected chi connectivity index (χ4v) is 1.50. The Kier molecular flexibility index (Phi) is 4.80. The highest BCUT2D eigenvalue weighted by Crippen LogP contribution is 2.20. The third-order valence-electron chi connectivity index (χ3n) is 2.13. The normalized spacial score (nSPS) is 10.4. The van der Waals surface area contributed by atoms with Gasteiger partial charge < -0.3 is 4.90 Å². The summed E-state index contributed by atoms with van der Waals surface area (Å²) in [5.41, 5.74) is 0.865. The van der Waals surface area contributed by atoms with Crippen LogP contribution in [0.3, 0.4) is 0 Å². The van der Waals surface area contributed by atoms with Crippen molar-refractivity contribution >= 4 is 23.7 Å². The Bertz CT molecular complexity index is 422. The molecule has 0 aromatic carbocycles. The zero-order chi connectivity index (χ0) is 12.0. The van der Waals surface area contributed by atoms with Crippen molar-refractivity contribution < 1.29 is 0 Å². The van der Waals surface area contributed by atoms with Gasteiger partial charge in [0.2, 0.25) is 0 Å². The van der Waals surface area contributed by atoms with Crippen LogP contribution in [0.15, 0.2) is 17.4 Å². The third kappa shape index (κ3) is 2.97. The smallest absolute Gasteiger partial charge is 0.189 e. The van der Waals surface area contributed by atoms with E-state index in [0.717, 1.165) is 23.1 Å². The second kappa shape index (κ2) is 6.13. The van der Waals surface area contributed by atoms with Crippen molar-refractivity contribution in [2.75, 3.05) is 24.7 Å². The van der Waals surface area contributed by atoms with Crippen molar-refractivity contribution in [3.63, 3.8) is 0 Å². The van der Waals surface area contributed by atoms with Gasteiger partial charge in [-0.05, 0) is 19.3 Å². The molecule has 5 heteroatoms. The van der Waals surface area contributed by atoms with Gasteiger partial charge in [0.25, 0.3) is 0 Å². The third-order valence-corrected chi connectivity index (χ3v) is 2.69. The van der Waals surface area contributed by atoms with Crippen LogP contribution >= 0.6 is 11.8 Å². The van der Waals surface area contributed by atoms with Gasteiger partial charge in [0.05, 0.1) is 6.07 Å². The number of thioether (sulfide) groups is 1. The van der Waals surface area contributed by atoms with Crippen LogP contribution in [0.25, 0.3) is 6.08 Å². The Morgan fingerprint density at radius 1 is 1.62 bits per heavy atom. The van der Waals surface area contributed by atoms with E-state index in [0.29, 0.717) is 0 Å². The average Bonchev–Trinajstić information content (AvgIpc) is 2.35. The molecule has 0 saturated carbocycles. The van der Waals surface area contributed by atoms with Crippen molar-refractivity contribution in [1.82, 2.24) is 9.97 Å². The molecule has 1 rings (SSSR count). The molecule has 0 amide bonds. The fraction of sp³-hybridized carbons (Fsp3) is 0.364. The number of nitrogens with zero attached hydrogens (tertiary/aromatic N) is 4. The van der Waals surface area contributed by atoms with Crippen LogP contribution in [0.2, 0.25) is 0 Å². The first-order valence-electron chi connectivity index (χ1n) is 4.91. The van der Waals surface area contributed by atoms with E-state index < -0.39 is 0 Å². The number of hydrogen-bond donors (Lipinski definition) is 0. The molecular formula is C11H14N4S. The van der Waals surface area contributed by atoms with Crippen molar-refractivity contribution in [1.29, 1.82) is 5.26 Å². The van der Waals surface area contributed by atoms with Crippen LogP contribution in [0.4, 0.5) is 5.82 Å². The lowest BCUT2D eigenvalue weighted by Gasteiger charge is -2.18. The van der Waals surface area contributed by atoms with Gasteiger partial charge in [-0.2, -0.15) is 5.26 Å². The van der Waals surface area contributed by atoms with Gasteiger partial charge in [0.15, 0.2) is 5.16 Å². The Morgan fingerprint density at radius 2 is 2.38 bits per heavy atom. The maximum absolute atomic E-state index is 8.52. The molecule has 0 saturated heterocycles. The molecule has 0 aliphatic heterocycles. The SMILES string of the molecule is CCN(C)c1nc(SC)ncc1C=CC#N. The van der Waals surface area contributed by atoms with Crippen LogP contribution in [0.5, 0.6) is 0 Å². The van der Waals surface area contributed by atoms with Gasteiger partial charge in [-0.15, -0.1) is 0 Å². The quantitative estimate of drug-likeness (QED) is 0.454. The van der Waals surface area contributed by atoms with Gasteiger partial charge >= 0.3 is 0 Å². The van der Waals surface area contributed by atoms with E-state index in [1.165, 1.54) is 17.8 Å². The van der Waals surface area contributed by atoms with E-state index in [4.69, 9.17) is 5.26 Å². The Hall–Kier alpha value is -1.54. The fourth-order valence-electron chi connectivity index (χ4n) is 1.16. The summed E-state index contributed by atoms with van der Waals surface area (Å²) in [4.78, 5) is 10.7. The van der Waals surface area contributed by atoms with Gasteiger partial charge in [-0.25, -0.2) is 9.97 Å². The second-order valence-electron chi connectivity index (χ2n) is 3.11. The zero-order valence-corrected chi connectivity index (χ0v) is 10.5. The molecule has 0 fully saturated rings. The van der Waals surface area contributed by atoms with Gasteiger partial charge in [0.1, 0.15) is 5.82 Å². The predicted octanol–water partition coefficient (Wildman–Crippen LogP) is 2.19. The minimum atomic E-state index is 0.740. The van der Waals surface area contributed by atoms with E-state index in [2.05, 4.69) is 16.9 Å². The van der Waals surface area contributed by atoms with E-state index in [1.807, 2.05) is 24.3 Å². The standard InChI is InChI=1S/C11H14N4S/c1-4-15(2)10-9(6-5-7-12)8-13-11(14-10)16-3/h5-6,8H,4H2,1-3H3. The Morgan fingerprint density at radius 3 is 2.94 bits per heavy atom. The summed E-state index contributed by atoms with van der Waals surface area (Å²) in [5.74, 6) is 0.855. The van der Waals surface area contributed by atoms with Crippen LogP contribution in [0, 0.1) is 11.3 Å². The minimum Gasteiger partial charge on any atom is -0.359 e. The highest BCUT2D eigenvalue weighted by Gasteiger charge is 2.07. The van der Waals surface area contributed by atoms with E-state index in [9.17, 15) is 0 Å². The van der Waals surface area contributed by atoms with Crippen LogP contribution in [0.1, 0.15) is 12.5 Å². The number of hydrogen-bond acceptors (Lipinski definition) is 5. The Balaban J connectivity index is 3.17. The molecule has 1 aromatic rings. The average molecular weight is 234 g/mol. The van der Waals surface area contributed by atoms with Crippen molar-refractivity contribution in [2.24, 2.45) is 0 Å². The minimum absolute atomic E-state index is 0.740. The number of anilines is 1. The lowest BCUT2D eigenvalue weighted by Crippen LogP contribution is -2.19. The Labute approximate surface area is 100 Å². The summed E-state index contributed by atoms with van der Waals surface area (Å²) in [5, 5.41) is 9.26. The number of rotatable bonds is 4. The maximum Gasteiger partial charge on any atom is 0.189 e. The van der Waals surface area contributed by atoms with E-state index in [-0.39, 0.29) is 0 Å². The van der Waals surface area contributed by atoms with E-state index >= 15 is 0 Å². The summed E-state index contributed by atoms with van der Waals surface area (Å²) in [6, 6.07) is 1.97. The molecule has 0 aliphatic carbocycles. The second-order valence-corrected chi connectivity index (χ2v) is 3.89. The molecular weight excluding hydrogens is 220 g/mol. The number of nitriles is 1. The van der Waals surface area contributed by atoms with Crippen LogP contribution in [-0.4, -0.2) is 29.8 Å². The molecule has 1 heterocycles. The first kappa shape index (κ1) is 12.5. The lowest BCUT2D eigenvalue weighted by atomic mass is 10.2. The maximum atomic E-state index is 8.52. The topological polar surface area (TPSA) is 52.8 Å². The molecule has 0 bridgehead atoms. The largest absolute Gasteiger partial charge is 0.359 e. The molecule has 0 spiro atoms. The highest BCUT2D eigenvalue weighted by molar-refractivity contribution is 7.98. The summed E-state index contributed by atoms with van der Waals surface area (Å²) < 4.78 is 0. The monoisotopic (exact) mass is 234 g/mol. The predicted molar refractivity (Wildman–Crippen MR) is 67.4 cm³/mol. The van der Waals surface area contributed by atoms with Crippen molar-refractivity contribution in [3.8, 4) is 6.07 Å². The first-order chi connectivity index (χ1) is 7.72. The molecule has 4 nitrogen and oxygen atoms in total. The summed E-state index contributed by atoms with van der Waals surface area (Å²) in [6.45, 7) is 2.91. The highest BCUT2D eigenvalue weighted by atomic mass is 32.2. The van der Waals surface area contributed by atoms with Gasteiger partial charge in [0, 0.05) is 31.4 Å². The molecule has 1 aromatic heterocycles. The van der Waals surface area contributed by atoms with Crippen molar-refractivity contribution in [3.05, 3.63) is 17.8 Å². The molecule has 0 radical (unpaired) electrons. The number of aromatic nitrogens is 2. The molecule has 84 valence electrons. The summed E-state index contributed by atoms with van der Waals surface area (Å²) in [7, 11) is 1.97. The summed E-state index contributed by atoms with van der Waals surface area (Å²) in [6.07, 6.45) is 6.85.